The Morgan fingerprint density at radius 2 is 1.93 bits per heavy atom. The van der Waals surface area contributed by atoms with E-state index in [9.17, 15) is 5.11 Å². The second kappa shape index (κ2) is 7.70. The molecular weight excluding hydrogens is 352 g/mol. The van der Waals surface area contributed by atoms with E-state index < -0.39 is 0 Å². The summed E-state index contributed by atoms with van der Waals surface area (Å²) in [4.78, 5) is 0. The number of allylic oxidation sites excluding steroid dienone is 5. The molecule has 2 fully saturated rings. The van der Waals surface area contributed by atoms with Gasteiger partial charge in [0.25, 0.3) is 0 Å². The van der Waals surface area contributed by atoms with Gasteiger partial charge in [-0.05, 0) is 111 Å². The third kappa shape index (κ3) is 3.50. The Hall–Kier alpha value is -0.820. The Morgan fingerprint density at radius 3 is 2.66 bits per heavy atom. The van der Waals surface area contributed by atoms with Crippen LogP contribution in [0.3, 0.4) is 0 Å². The van der Waals surface area contributed by atoms with Gasteiger partial charge in [0.1, 0.15) is 0 Å². The summed E-state index contributed by atoms with van der Waals surface area (Å²) in [6.45, 7) is 16.4. The summed E-state index contributed by atoms with van der Waals surface area (Å²) < 4.78 is 0. The average molecular weight is 397 g/mol. The van der Waals surface area contributed by atoms with Gasteiger partial charge in [-0.25, -0.2) is 0 Å². The molecule has 0 bridgehead atoms. The van der Waals surface area contributed by atoms with Gasteiger partial charge in [-0.15, -0.1) is 0 Å². The number of hydrogen-bond acceptors (Lipinski definition) is 1. The van der Waals surface area contributed by atoms with E-state index in [1.54, 1.807) is 5.57 Å². The van der Waals surface area contributed by atoms with Gasteiger partial charge in [0.05, 0.1) is 6.10 Å². The maximum Gasteiger partial charge on any atom is 0.0546 e. The normalized spacial score (nSPS) is 43.4. The van der Waals surface area contributed by atoms with Crippen LogP contribution >= 0.6 is 0 Å². The number of fused-ring (bicyclic) bond motifs is 4. The summed E-state index contributed by atoms with van der Waals surface area (Å²) in [5.74, 6) is 3.60. The van der Waals surface area contributed by atoms with Crippen LogP contribution in [-0.2, 0) is 0 Å². The average Bonchev–Trinajstić information content (AvgIpc) is 3.03. The molecule has 4 aliphatic carbocycles. The fourth-order valence-electron chi connectivity index (χ4n) is 7.82. The molecule has 0 heterocycles. The van der Waals surface area contributed by atoms with Crippen LogP contribution in [0, 0.1) is 40.4 Å². The molecule has 0 aliphatic heterocycles. The fraction of sp³-hybridized carbons (Fsp3) is 0.786. The second-order valence-electron chi connectivity index (χ2n) is 11.8. The largest absolute Gasteiger partial charge is 0.393 e. The zero-order valence-corrected chi connectivity index (χ0v) is 19.6. The molecule has 0 spiro atoms. The van der Waals surface area contributed by atoms with E-state index in [0.717, 1.165) is 30.6 Å². The lowest BCUT2D eigenvalue weighted by Gasteiger charge is -2.54. The zero-order valence-electron chi connectivity index (χ0n) is 19.6. The van der Waals surface area contributed by atoms with E-state index in [0.29, 0.717) is 22.7 Å². The summed E-state index contributed by atoms with van der Waals surface area (Å²) >= 11 is 0. The Morgan fingerprint density at radius 1 is 1.17 bits per heavy atom. The predicted molar refractivity (Wildman–Crippen MR) is 124 cm³/mol. The maximum absolute atomic E-state index is 10.2. The van der Waals surface area contributed by atoms with Crippen LogP contribution < -0.4 is 0 Å². The zero-order chi connectivity index (χ0) is 21.0. The molecule has 4 aliphatic rings. The molecule has 1 heteroatoms. The van der Waals surface area contributed by atoms with Gasteiger partial charge in [-0.2, -0.15) is 0 Å². The molecule has 0 amide bonds. The SMILES string of the molecule is C=C(C)[C@@H](C)CC[C@@H](C)[C@H]1CCC2=C3C=CC4C[C@@H](O)CC[C@]4(C)[C@H]3CC[C@@]21C. The van der Waals surface area contributed by atoms with Crippen molar-refractivity contribution >= 4 is 0 Å². The lowest BCUT2D eigenvalue weighted by atomic mass is 9.50. The molecule has 0 radical (unpaired) electrons. The van der Waals surface area contributed by atoms with E-state index in [2.05, 4.69) is 53.3 Å². The van der Waals surface area contributed by atoms with E-state index in [1.807, 2.05) is 5.57 Å². The summed E-state index contributed by atoms with van der Waals surface area (Å²) in [6.07, 6.45) is 16.2. The summed E-state index contributed by atoms with van der Waals surface area (Å²) in [5, 5.41) is 10.2. The minimum atomic E-state index is -0.0842. The standard InChI is InChI=1S/C28H44O/c1-18(2)19(3)7-8-20(4)24-11-12-25-23-10-9-21-17-22(29)13-15-27(21,5)26(23)14-16-28(24,25)6/h9-10,19-22,24,26,29H,1,7-8,11-17H2,2-6H3/t19-,20+,21?,22-,24+,26-,27-,28+/m0/s1. The lowest BCUT2D eigenvalue weighted by molar-refractivity contribution is -0.00326. The molecule has 1 unspecified atom stereocenters. The molecule has 2 saturated carbocycles. The molecule has 0 aromatic heterocycles. The van der Waals surface area contributed by atoms with Crippen molar-refractivity contribution in [3.63, 3.8) is 0 Å². The van der Waals surface area contributed by atoms with Crippen LogP contribution in [0.15, 0.2) is 35.5 Å². The molecule has 4 rings (SSSR count). The molecule has 8 atom stereocenters. The lowest BCUT2D eigenvalue weighted by Crippen LogP contribution is -2.46. The van der Waals surface area contributed by atoms with E-state index >= 15 is 0 Å². The number of rotatable bonds is 5. The van der Waals surface area contributed by atoms with Gasteiger partial charge >= 0.3 is 0 Å². The first-order chi connectivity index (χ1) is 13.7. The van der Waals surface area contributed by atoms with Crippen molar-refractivity contribution < 1.29 is 5.11 Å². The Balaban J connectivity index is 1.57. The van der Waals surface area contributed by atoms with Gasteiger partial charge in [0, 0.05) is 0 Å². The van der Waals surface area contributed by atoms with Gasteiger partial charge in [-0.3, -0.25) is 0 Å². The second-order valence-corrected chi connectivity index (χ2v) is 11.8. The Labute approximate surface area is 179 Å². The smallest absolute Gasteiger partial charge is 0.0546 e. The third-order valence-electron chi connectivity index (χ3n) is 10.2. The monoisotopic (exact) mass is 396 g/mol. The van der Waals surface area contributed by atoms with Crippen molar-refractivity contribution in [1.29, 1.82) is 0 Å². The van der Waals surface area contributed by atoms with Crippen LogP contribution in [0.5, 0.6) is 0 Å². The van der Waals surface area contributed by atoms with Crippen molar-refractivity contribution in [2.45, 2.75) is 98.5 Å². The highest BCUT2D eigenvalue weighted by Crippen LogP contribution is 2.64. The highest BCUT2D eigenvalue weighted by molar-refractivity contribution is 5.42. The van der Waals surface area contributed by atoms with Crippen LogP contribution in [0.1, 0.15) is 92.4 Å². The molecule has 29 heavy (non-hydrogen) atoms. The van der Waals surface area contributed by atoms with Crippen molar-refractivity contribution in [2.24, 2.45) is 40.4 Å². The Kier molecular flexibility index (Phi) is 5.69. The number of hydrogen-bond donors (Lipinski definition) is 1. The highest BCUT2D eigenvalue weighted by atomic mass is 16.3. The first-order valence-electron chi connectivity index (χ1n) is 12.4. The van der Waals surface area contributed by atoms with Gasteiger partial charge in [-0.1, -0.05) is 57.6 Å². The predicted octanol–water partition coefficient (Wildman–Crippen LogP) is 7.47. The van der Waals surface area contributed by atoms with Crippen LogP contribution in [0.25, 0.3) is 0 Å². The maximum atomic E-state index is 10.2. The number of aliphatic hydroxyl groups is 1. The van der Waals surface area contributed by atoms with Gasteiger partial charge in [0.15, 0.2) is 0 Å². The van der Waals surface area contributed by atoms with Crippen molar-refractivity contribution in [2.75, 3.05) is 0 Å². The Bertz CT molecular complexity index is 714. The first kappa shape index (κ1) is 21.4. The quantitative estimate of drug-likeness (QED) is 0.478. The molecular formula is C28H44O. The van der Waals surface area contributed by atoms with Crippen LogP contribution in [-0.4, -0.2) is 11.2 Å². The minimum Gasteiger partial charge on any atom is -0.393 e. The molecule has 162 valence electrons. The molecule has 0 aromatic carbocycles. The third-order valence-corrected chi connectivity index (χ3v) is 10.2. The highest BCUT2D eigenvalue weighted by Gasteiger charge is 2.54. The number of aliphatic hydroxyl groups excluding tert-OH is 1. The fourth-order valence-corrected chi connectivity index (χ4v) is 7.82. The van der Waals surface area contributed by atoms with Gasteiger partial charge in [0.2, 0.25) is 0 Å². The van der Waals surface area contributed by atoms with Crippen molar-refractivity contribution in [1.82, 2.24) is 0 Å². The van der Waals surface area contributed by atoms with Gasteiger partial charge < -0.3 is 5.11 Å². The van der Waals surface area contributed by atoms with Crippen LogP contribution in [0.4, 0.5) is 0 Å². The molecule has 0 aromatic rings. The van der Waals surface area contributed by atoms with Crippen LogP contribution in [0.2, 0.25) is 0 Å². The molecule has 1 nitrogen and oxygen atoms in total. The minimum absolute atomic E-state index is 0.0842. The molecule has 0 saturated heterocycles. The van der Waals surface area contributed by atoms with E-state index in [4.69, 9.17) is 0 Å². The summed E-state index contributed by atoms with van der Waals surface area (Å²) in [5.41, 5.74) is 5.67. The van der Waals surface area contributed by atoms with E-state index in [-0.39, 0.29) is 6.10 Å². The van der Waals surface area contributed by atoms with Crippen molar-refractivity contribution in [3.8, 4) is 0 Å². The summed E-state index contributed by atoms with van der Waals surface area (Å²) in [7, 11) is 0. The van der Waals surface area contributed by atoms with E-state index in [1.165, 1.54) is 50.5 Å². The topological polar surface area (TPSA) is 20.2 Å². The van der Waals surface area contributed by atoms with Crippen molar-refractivity contribution in [3.05, 3.63) is 35.5 Å². The molecule has 1 N–H and O–H groups in total. The first-order valence-corrected chi connectivity index (χ1v) is 12.4. The summed E-state index contributed by atoms with van der Waals surface area (Å²) in [6, 6.07) is 0.